The highest BCUT2D eigenvalue weighted by Crippen LogP contribution is 2.24. The summed E-state index contributed by atoms with van der Waals surface area (Å²) < 4.78 is 0. The molecular formula is C18H18ClN3O4. The van der Waals surface area contributed by atoms with Gasteiger partial charge in [0.25, 0.3) is 17.5 Å². The fourth-order valence-electron chi connectivity index (χ4n) is 2.18. The van der Waals surface area contributed by atoms with Crippen molar-refractivity contribution in [3.63, 3.8) is 0 Å². The number of carbonyl (C=O) groups is 2. The van der Waals surface area contributed by atoms with E-state index in [0.29, 0.717) is 11.3 Å². The fraction of sp³-hybridized carbons (Fsp3) is 0.222. The van der Waals surface area contributed by atoms with E-state index in [0.717, 1.165) is 12.5 Å². The van der Waals surface area contributed by atoms with Crippen molar-refractivity contribution < 1.29 is 14.5 Å². The van der Waals surface area contributed by atoms with Gasteiger partial charge in [0.1, 0.15) is 0 Å². The average Bonchev–Trinajstić information content (AvgIpc) is 2.61. The number of nitro groups is 1. The number of hydrogen-bond donors (Lipinski definition) is 2. The Labute approximate surface area is 155 Å². The van der Waals surface area contributed by atoms with Crippen molar-refractivity contribution in [1.82, 2.24) is 5.32 Å². The van der Waals surface area contributed by atoms with Gasteiger partial charge in [0.15, 0.2) is 0 Å². The minimum absolute atomic E-state index is 0.0162. The highest BCUT2D eigenvalue weighted by atomic mass is 35.5. The van der Waals surface area contributed by atoms with Crippen LogP contribution in [0.15, 0.2) is 42.5 Å². The molecule has 0 saturated heterocycles. The largest absolute Gasteiger partial charge is 0.350 e. The first-order chi connectivity index (χ1) is 12.3. The van der Waals surface area contributed by atoms with Gasteiger partial charge in [-0.3, -0.25) is 19.7 Å². The Morgan fingerprint density at radius 1 is 1.15 bits per heavy atom. The van der Waals surface area contributed by atoms with Gasteiger partial charge in [0.05, 0.1) is 26.8 Å². The van der Waals surface area contributed by atoms with E-state index in [1.807, 2.05) is 13.8 Å². The Kier molecular flexibility index (Phi) is 6.30. The van der Waals surface area contributed by atoms with Crippen molar-refractivity contribution in [3.05, 3.63) is 68.7 Å². The van der Waals surface area contributed by atoms with E-state index in [4.69, 9.17) is 11.6 Å². The van der Waals surface area contributed by atoms with E-state index in [1.165, 1.54) is 12.1 Å². The molecule has 0 aliphatic rings. The maximum Gasteiger partial charge on any atom is 0.270 e. The van der Waals surface area contributed by atoms with Crippen LogP contribution in [0.5, 0.6) is 0 Å². The lowest BCUT2D eigenvalue weighted by Gasteiger charge is -2.15. The Morgan fingerprint density at radius 3 is 2.50 bits per heavy atom. The normalized spacial score (nSPS) is 11.5. The summed E-state index contributed by atoms with van der Waals surface area (Å²) in [7, 11) is 0. The van der Waals surface area contributed by atoms with Crippen LogP contribution < -0.4 is 10.6 Å². The van der Waals surface area contributed by atoms with Gasteiger partial charge in [-0.05, 0) is 31.5 Å². The molecule has 0 unspecified atom stereocenters. The summed E-state index contributed by atoms with van der Waals surface area (Å²) in [6, 6.07) is 10.1. The molecule has 0 aliphatic carbocycles. The number of nitro benzene ring substituents is 1. The molecule has 0 heterocycles. The Bertz CT molecular complexity index is 854. The summed E-state index contributed by atoms with van der Waals surface area (Å²) in [6.07, 6.45) is 0.767. The fourth-order valence-corrected chi connectivity index (χ4v) is 2.39. The predicted molar refractivity (Wildman–Crippen MR) is 99.7 cm³/mol. The molecule has 2 aromatic rings. The molecular weight excluding hydrogens is 358 g/mol. The van der Waals surface area contributed by atoms with Crippen molar-refractivity contribution in [2.45, 2.75) is 26.3 Å². The number of non-ortho nitro benzene ring substituents is 1. The van der Waals surface area contributed by atoms with Crippen LogP contribution in [0.2, 0.25) is 5.02 Å². The number of nitrogens with one attached hydrogen (secondary N) is 2. The second kappa shape index (κ2) is 8.44. The number of rotatable bonds is 6. The van der Waals surface area contributed by atoms with Crippen LogP contribution in [0, 0.1) is 10.1 Å². The molecule has 0 aromatic heterocycles. The van der Waals surface area contributed by atoms with Gasteiger partial charge in [-0.15, -0.1) is 0 Å². The summed E-state index contributed by atoms with van der Waals surface area (Å²) in [5.41, 5.74) is 0.295. The molecule has 0 saturated carbocycles. The minimum Gasteiger partial charge on any atom is -0.350 e. The number of hydrogen-bond acceptors (Lipinski definition) is 4. The number of benzene rings is 2. The monoisotopic (exact) mass is 375 g/mol. The lowest BCUT2D eigenvalue weighted by atomic mass is 10.1. The first-order valence-electron chi connectivity index (χ1n) is 7.98. The highest BCUT2D eigenvalue weighted by Gasteiger charge is 2.19. The number of amides is 2. The molecule has 0 fully saturated rings. The zero-order valence-corrected chi connectivity index (χ0v) is 15.0. The highest BCUT2D eigenvalue weighted by molar-refractivity contribution is 6.34. The van der Waals surface area contributed by atoms with E-state index in [2.05, 4.69) is 10.6 Å². The number of para-hydroxylation sites is 1. The smallest absolute Gasteiger partial charge is 0.270 e. The molecule has 8 heteroatoms. The third kappa shape index (κ3) is 4.58. The summed E-state index contributed by atoms with van der Waals surface area (Å²) in [5.74, 6) is -0.956. The van der Waals surface area contributed by atoms with Crippen LogP contribution in [-0.4, -0.2) is 22.8 Å². The lowest BCUT2D eigenvalue weighted by molar-refractivity contribution is -0.384. The van der Waals surface area contributed by atoms with Crippen molar-refractivity contribution in [1.29, 1.82) is 0 Å². The maximum absolute atomic E-state index is 12.5. The molecule has 0 spiro atoms. The maximum atomic E-state index is 12.5. The molecule has 0 bridgehead atoms. The molecule has 136 valence electrons. The van der Waals surface area contributed by atoms with Crippen LogP contribution in [0.4, 0.5) is 11.4 Å². The van der Waals surface area contributed by atoms with E-state index in [9.17, 15) is 19.7 Å². The van der Waals surface area contributed by atoms with Gasteiger partial charge in [-0.2, -0.15) is 0 Å². The zero-order valence-electron chi connectivity index (χ0n) is 14.3. The topological polar surface area (TPSA) is 101 Å². The van der Waals surface area contributed by atoms with Crippen LogP contribution in [0.25, 0.3) is 0 Å². The van der Waals surface area contributed by atoms with Crippen LogP contribution >= 0.6 is 11.6 Å². The molecule has 2 amide bonds. The van der Waals surface area contributed by atoms with Gasteiger partial charge in [0, 0.05) is 18.2 Å². The molecule has 1 atom stereocenters. The molecule has 7 nitrogen and oxygen atoms in total. The average molecular weight is 376 g/mol. The Morgan fingerprint density at radius 2 is 1.85 bits per heavy atom. The number of nitrogens with zero attached hydrogens (tertiary/aromatic N) is 1. The molecule has 2 rings (SSSR count). The van der Waals surface area contributed by atoms with Crippen molar-refractivity contribution in [3.8, 4) is 0 Å². The minimum atomic E-state index is -0.637. The Balaban J connectivity index is 2.29. The third-order valence-electron chi connectivity index (χ3n) is 3.82. The van der Waals surface area contributed by atoms with E-state index >= 15 is 0 Å². The number of anilines is 1. The van der Waals surface area contributed by atoms with E-state index < -0.39 is 10.8 Å². The second-order valence-electron chi connectivity index (χ2n) is 5.70. The zero-order chi connectivity index (χ0) is 19.3. The second-order valence-corrected chi connectivity index (χ2v) is 6.11. The predicted octanol–water partition coefficient (Wildman–Crippen LogP) is 4.03. The van der Waals surface area contributed by atoms with Gasteiger partial charge in [-0.25, -0.2) is 0 Å². The molecule has 0 radical (unpaired) electrons. The molecule has 26 heavy (non-hydrogen) atoms. The van der Waals surface area contributed by atoms with Crippen molar-refractivity contribution in [2.24, 2.45) is 0 Å². The summed E-state index contributed by atoms with van der Waals surface area (Å²) >= 11 is 5.99. The van der Waals surface area contributed by atoms with Gasteiger partial charge >= 0.3 is 0 Å². The molecule has 2 aromatic carbocycles. The molecule has 2 N–H and O–H groups in total. The Hall–Kier alpha value is -2.93. The lowest BCUT2D eigenvalue weighted by Crippen LogP contribution is -2.32. The van der Waals surface area contributed by atoms with Crippen LogP contribution in [0.1, 0.15) is 41.0 Å². The van der Waals surface area contributed by atoms with Crippen molar-refractivity contribution >= 4 is 34.8 Å². The summed E-state index contributed by atoms with van der Waals surface area (Å²) in [4.78, 5) is 35.2. The standard InChI is InChI=1S/C18H18ClN3O4/c1-3-11(2)20-17(23)13-6-4-5-7-16(13)21-18(24)14-10-12(22(25)26)8-9-15(14)19/h4-11H,3H2,1-2H3,(H,20,23)(H,21,24)/t11-/m1/s1. The van der Waals surface area contributed by atoms with E-state index in [-0.39, 0.29) is 28.2 Å². The number of carbonyl (C=O) groups excluding carboxylic acids is 2. The molecule has 0 aliphatic heterocycles. The quantitative estimate of drug-likeness (QED) is 0.587. The van der Waals surface area contributed by atoms with Crippen LogP contribution in [-0.2, 0) is 0 Å². The van der Waals surface area contributed by atoms with Crippen LogP contribution in [0.3, 0.4) is 0 Å². The van der Waals surface area contributed by atoms with Gasteiger partial charge in [-0.1, -0.05) is 30.7 Å². The van der Waals surface area contributed by atoms with Gasteiger partial charge in [0.2, 0.25) is 0 Å². The van der Waals surface area contributed by atoms with Crippen molar-refractivity contribution in [2.75, 3.05) is 5.32 Å². The SMILES string of the molecule is CC[C@@H](C)NC(=O)c1ccccc1NC(=O)c1cc([N+](=O)[O-])ccc1Cl. The van der Waals surface area contributed by atoms with Gasteiger partial charge < -0.3 is 10.6 Å². The first-order valence-corrected chi connectivity index (χ1v) is 8.36. The first kappa shape index (κ1) is 19.4. The summed E-state index contributed by atoms with van der Waals surface area (Å²) in [5, 5.41) is 16.4. The number of halogens is 1. The third-order valence-corrected chi connectivity index (χ3v) is 4.14. The summed E-state index contributed by atoms with van der Waals surface area (Å²) in [6.45, 7) is 3.82. The van der Waals surface area contributed by atoms with E-state index in [1.54, 1.807) is 24.3 Å².